The van der Waals surface area contributed by atoms with Crippen LogP contribution in [0.15, 0.2) is 12.3 Å². The van der Waals surface area contributed by atoms with E-state index >= 15 is 0 Å². The molecular formula is C20H33N3O3. The molecule has 3 atom stereocenters. The van der Waals surface area contributed by atoms with Gasteiger partial charge in [-0.25, -0.2) is 9.78 Å². The number of aryl methyl sites for hydroxylation is 1. The highest BCUT2D eigenvalue weighted by Crippen LogP contribution is 2.25. The van der Waals surface area contributed by atoms with Crippen LogP contribution in [0.25, 0.3) is 0 Å². The lowest BCUT2D eigenvalue weighted by Gasteiger charge is -2.40. The molecule has 0 aliphatic carbocycles. The maximum absolute atomic E-state index is 12.2. The number of aromatic nitrogens is 1. The van der Waals surface area contributed by atoms with Crippen LogP contribution in [-0.2, 0) is 9.47 Å². The first-order valence-electron chi connectivity index (χ1n) is 9.62. The second-order valence-electron chi connectivity index (χ2n) is 7.05. The molecule has 1 aliphatic rings. The average molecular weight is 364 g/mol. The van der Waals surface area contributed by atoms with Gasteiger partial charge < -0.3 is 19.7 Å². The molecule has 2 heterocycles. The second-order valence-corrected chi connectivity index (χ2v) is 7.05. The molecule has 0 saturated carbocycles. The van der Waals surface area contributed by atoms with Crippen LogP contribution < -0.4 is 10.2 Å². The topological polar surface area (TPSA) is 63.7 Å². The molecule has 0 amide bonds. The van der Waals surface area contributed by atoms with Gasteiger partial charge >= 0.3 is 5.97 Å². The van der Waals surface area contributed by atoms with Crippen LogP contribution in [-0.4, -0.2) is 56.5 Å². The summed E-state index contributed by atoms with van der Waals surface area (Å²) in [6, 6.07) is 2.69. The number of hydrogen-bond donors (Lipinski definition) is 1. The van der Waals surface area contributed by atoms with E-state index in [9.17, 15) is 4.79 Å². The lowest BCUT2D eigenvalue weighted by atomic mass is 9.98. The van der Waals surface area contributed by atoms with E-state index in [0.717, 1.165) is 24.9 Å². The number of rotatable bonds is 8. The number of carbonyl (C=O) groups excluding carboxylic acids is 1. The predicted octanol–water partition coefficient (Wildman–Crippen LogP) is 2.94. The first-order valence-corrected chi connectivity index (χ1v) is 9.62. The van der Waals surface area contributed by atoms with Crippen molar-refractivity contribution in [1.82, 2.24) is 10.3 Å². The molecule has 1 saturated heterocycles. The van der Waals surface area contributed by atoms with Crippen molar-refractivity contribution in [2.24, 2.45) is 0 Å². The number of esters is 1. The largest absolute Gasteiger partial charge is 0.465 e. The van der Waals surface area contributed by atoms with Crippen LogP contribution in [0.5, 0.6) is 0 Å². The van der Waals surface area contributed by atoms with Crippen LogP contribution in [0.2, 0.25) is 0 Å². The van der Waals surface area contributed by atoms with Crippen LogP contribution in [0.4, 0.5) is 5.82 Å². The third-order valence-electron chi connectivity index (χ3n) is 5.15. The van der Waals surface area contributed by atoms with E-state index < -0.39 is 0 Å². The van der Waals surface area contributed by atoms with Crippen molar-refractivity contribution in [1.29, 1.82) is 0 Å². The smallest absolute Gasteiger partial charge is 0.341 e. The Morgan fingerprint density at radius 1 is 1.42 bits per heavy atom. The number of ether oxygens (including phenoxy) is 2. The summed E-state index contributed by atoms with van der Waals surface area (Å²) in [5, 5.41) is 3.77. The number of carbonyl (C=O) groups is 1. The zero-order chi connectivity index (χ0) is 19.1. The third-order valence-corrected chi connectivity index (χ3v) is 5.15. The molecule has 2 rings (SSSR count). The van der Waals surface area contributed by atoms with E-state index in [-0.39, 0.29) is 12.1 Å². The molecule has 146 valence electrons. The number of nitrogens with zero attached hydrogens (tertiary/aromatic N) is 2. The maximum Gasteiger partial charge on any atom is 0.341 e. The molecule has 0 bridgehead atoms. The number of methoxy groups -OCH3 is 2. The summed E-state index contributed by atoms with van der Waals surface area (Å²) in [5.41, 5.74) is 1.46. The number of nitrogens with one attached hydrogen (secondary N) is 1. The molecule has 2 unspecified atom stereocenters. The van der Waals surface area contributed by atoms with Gasteiger partial charge in [0, 0.05) is 38.5 Å². The maximum atomic E-state index is 12.2. The fourth-order valence-electron chi connectivity index (χ4n) is 3.67. The molecule has 26 heavy (non-hydrogen) atoms. The van der Waals surface area contributed by atoms with Crippen molar-refractivity contribution in [3.63, 3.8) is 0 Å². The first kappa shape index (κ1) is 20.6. The lowest BCUT2D eigenvalue weighted by Crippen LogP contribution is -2.56. The van der Waals surface area contributed by atoms with E-state index in [2.05, 4.69) is 29.0 Å². The molecular weight excluding hydrogens is 330 g/mol. The van der Waals surface area contributed by atoms with Crippen LogP contribution in [0.1, 0.15) is 55.5 Å². The van der Waals surface area contributed by atoms with Crippen LogP contribution in [0, 0.1) is 6.92 Å². The van der Waals surface area contributed by atoms with Gasteiger partial charge in [-0.05, 0) is 37.8 Å². The summed E-state index contributed by atoms with van der Waals surface area (Å²) in [4.78, 5) is 18.8. The molecule has 6 nitrogen and oxygen atoms in total. The minimum atomic E-state index is -0.348. The van der Waals surface area contributed by atoms with Crippen molar-refractivity contribution < 1.29 is 14.3 Å². The molecule has 1 fully saturated rings. The molecule has 6 heteroatoms. The number of anilines is 1. The highest BCUT2D eigenvalue weighted by atomic mass is 16.5. The Labute approximate surface area is 157 Å². The van der Waals surface area contributed by atoms with Gasteiger partial charge in [0.15, 0.2) is 0 Å². The molecule has 1 aromatic heterocycles. The summed E-state index contributed by atoms with van der Waals surface area (Å²) >= 11 is 0. The zero-order valence-electron chi connectivity index (χ0n) is 16.7. The Balaban J connectivity index is 2.14. The van der Waals surface area contributed by atoms with Gasteiger partial charge in [0.1, 0.15) is 11.4 Å². The second kappa shape index (κ2) is 9.88. The Morgan fingerprint density at radius 2 is 2.19 bits per heavy atom. The number of pyridine rings is 1. The van der Waals surface area contributed by atoms with Crippen molar-refractivity contribution >= 4 is 11.8 Å². The molecule has 0 spiro atoms. The summed E-state index contributed by atoms with van der Waals surface area (Å²) in [6.45, 7) is 7.91. The summed E-state index contributed by atoms with van der Waals surface area (Å²) in [7, 11) is 3.16. The van der Waals surface area contributed by atoms with Crippen molar-refractivity contribution in [2.45, 2.75) is 64.6 Å². The zero-order valence-corrected chi connectivity index (χ0v) is 16.7. The van der Waals surface area contributed by atoms with Gasteiger partial charge in [-0.15, -0.1) is 0 Å². The first-order chi connectivity index (χ1) is 12.5. The average Bonchev–Trinajstić information content (AvgIpc) is 2.67. The van der Waals surface area contributed by atoms with Gasteiger partial charge in [0.05, 0.1) is 13.2 Å². The van der Waals surface area contributed by atoms with E-state index in [1.54, 1.807) is 13.3 Å². The number of hydrogen-bond acceptors (Lipinski definition) is 6. The summed E-state index contributed by atoms with van der Waals surface area (Å²) < 4.78 is 10.7. The SMILES string of the molecule is CCCC(CC)N[C@H]1CCN(c2ncc(C)cc2C(=O)OC)CC1OC. The molecule has 1 N–H and O–H groups in total. The fraction of sp³-hybridized carbons (Fsp3) is 0.700. The number of piperidine rings is 1. The Kier molecular flexibility index (Phi) is 7.85. The minimum Gasteiger partial charge on any atom is -0.465 e. The van der Waals surface area contributed by atoms with E-state index in [0.29, 0.717) is 30.0 Å². The fourth-order valence-corrected chi connectivity index (χ4v) is 3.67. The van der Waals surface area contributed by atoms with Gasteiger partial charge in [0.25, 0.3) is 0 Å². The summed E-state index contributed by atoms with van der Waals surface area (Å²) in [5.74, 6) is 0.336. The van der Waals surface area contributed by atoms with E-state index in [1.165, 1.54) is 20.0 Å². The molecule has 0 aromatic carbocycles. The van der Waals surface area contributed by atoms with Gasteiger partial charge in [-0.2, -0.15) is 0 Å². The Hall–Kier alpha value is -1.66. The molecule has 1 aromatic rings. The quantitative estimate of drug-likeness (QED) is 0.717. The monoisotopic (exact) mass is 363 g/mol. The van der Waals surface area contributed by atoms with Crippen molar-refractivity contribution in [2.75, 3.05) is 32.2 Å². The molecule has 0 radical (unpaired) electrons. The molecule has 1 aliphatic heterocycles. The van der Waals surface area contributed by atoms with Crippen molar-refractivity contribution in [3.05, 3.63) is 23.4 Å². The predicted molar refractivity (Wildman–Crippen MR) is 104 cm³/mol. The lowest BCUT2D eigenvalue weighted by molar-refractivity contribution is 0.0540. The van der Waals surface area contributed by atoms with Crippen LogP contribution in [0.3, 0.4) is 0 Å². The van der Waals surface area contributed by atoms with Gasteiger partial charge in [-0.3, -0.25) is 0 Å². The third kappa shape index (κ3) is 4.95. The van der Waals surface area contributed by atoms with Crippen molar-refractivity contribution in [3.8, 4) is 0 Å². The summed E-state index contributed by atoms with van der Waals surface area (Å²) in [6.07, 6.45) is 6.29. The highest BCUT2D eigenvalue weighted by molar-refractivity contribution is 5.95. The normalized spacial score (nSPS) is 21.5. The van der Waals surface area contributed by atoms with E-state index in [1.807, 2.05) is 13.0 Å². The Bertz CT molecular complexity index is 594. The standard InChI is InChI=1S/C20H33N3O3/c1-6-8-15(7-2)22-17-9-10-23(13-18(17)25-4)19-16(20(24)26-5)11-14(3)12-21-19/h11-12,15,17-18,22H,6-10,13H2,1-5H3/t15?,17-,18?/m0/s1. The van der Waals surface area contributed by atoms with Crippen LogP contribution >= 0.6 is 0 Å². The Morgan fingerprint density at radius 3 is 2.81 bits per heavy atom. The minimum absolute atomic E-state index is 0.0586. The highest BCUT2D eigenvalue weighted by Gasteiger charge is 2.32. The van der Waals surface area contributed by atoms with Gasteiger partial charge in [-0.1, -0.05) is 20.3 Å². The van der Waals surface area contributed by atoms with Gasteiger partial charge in [0.2, 0.25) is 0 Å². The van der Waals surface area contributed by atoms with E-state index in [4.69, 9.17) is 9.47 Å².